The summed E-state index contributed by atoms with van der Waals surface area (Å²) in [6.07, 6.45) is 1.28. The van der Waals surface area contributed by atoms with Gasteiger partial charge >= 0.3 is 5.97 Å². The summed E-state index contributed by atoms with van der Waals surface area (Å²) in [6, 6.07) is 0. The second kappa shape index (κ2) is 1.93. The van der Waals surface area contributed by atoms with Gasteiger partial charge in [0.25, 0.3) is 0 Å². The molecule has 0 atom stereocenters. The molecule has 0 aliphatic carbocycles. The monoisotopic (exact) mass is 126 g/mol. The topological polar surface area (TPSA) is 46.5 Å². The minimum atomic E-state index is -0.498. The predicted molar refractivity (Wildman–Crippen MR) is 30.8 cm³/mol. The van der Waals surface area contributed by atoms with Gasteiger partial charge in [-0.3, -0.25) is 0 Å². The smallest absolute Gasteiger partial charge is 0.342 e. The van der Waals surface area contributed by atoms with Crippen molar-refractivity contribution in [2.24, 2.45) is 0 Å². The summed E-state index contributed by atoms with van der Waals surface area (Å²) in [6.45, 7) is 3.31. The lowest BCUT2D eigenvalue weighted by Gasteiger charge is -1.85. The molecule has 0 radical (unpaired) electrons. The van der Waals surface area contributed by atoms with E-state index in [0.717, 1.165) is 0 Å². The molecule has 0 saturated carbocycles. The van der Waals surface area contributed by atoms with E-state index < -0.39 is 5.97 Å². The third kappa shape index (κ3) is 0.806. The summed E-state index contributed by atoms with van der Waals surface area (Å²) in [4.78, 5) is 10.5. The van der Waals surface area contributed by atoms with Crippen molar-refractivity contribution in [3.05, 3.63) is 24.0 Å². The van der Waals surface area contributed by atoms with Crippen LogP contribution in [0.2, 0.25) is 0 Å². The molecule has 0 aromatic rings. The van der Waals surface area contributed by atoms with E-state index in [2.05, 4.69) is 11.3 Å². The first-order valence-electron chi connectivity index (χ1n) is 2.47. The van der Waals surface area contributed by atoms with Crippen LogP contribution in [0.25, 0.3) is 0 Å². The van der Waals surface area contributed by atoms with Crippen LogP contribution in [0.1, 0.15) is 0 Å². The highest BCUT2D eigenvalue weighted by Crippen LogP contribution is 2.12. The minimum absolute atomic E-state index is 0.0137. The first kappa shape index (κ1) is 5.88. The van der Waals surface area contributed by atoms with Crippen molar-refractivity contribution in [1.29, 1.82) is 0 Å². The predicted octanol–water partition coefficient (Wildman–Crippen LogP) is 0.541. The van der Waals surface area contributed by atoms with Gasteiger partial charge in [0.1, 0.15) is 17.9 Å². The molecule has 3 nitrogen and oxygen atoms in total. The lowest BCUT2D eigenvalue weighted by molar-refractivity contribution is -0.135. The van der Waals surface area contributed by atoms with Gasteiger partial charge in [0, 0.05) is 0 Å². The number of hydrogen-bond donors (Lipinski definition) is 1. The van der Waals surface area contributed by atoms with Crippen molar-refractivity contribution < 1.29 is 14.6 Å². The molecule has 0 aromatic carbocycles. The number of carbonyl (C=O) groups excluding carboxylic acids is 1. The summed E-state index contributed by atoms with van der Waals surface area (Å²) in [5.41, 5.74) is 0.176. The standard InChI is InChI=1S/C6H6O3/c1-2-4-5(7)3-9-6(4)8/h2,7H,1,3H2. The molecule has 0 unspecified atom stereocenters. The van der Waals surface area contributed by atoms with Gasteiger partial charge in [0.05, 0.1) is 0 Å². The van der Waals surface area contributed by atoms with Gasteiger partial charge in [0.2, 0.25) is 0 Å². The number of hydrogen-bond acceptors (Lipinski definition) is 3. The zero-order valence-electron chi connectivity index (χ0n) is 4.76. The summed E-state index contributed by atoms with van der Waals surface area (Å²) < 4.78 is 4.43. The van der Waals surface area contributed by atoms with E-state index in [-0.39, 0.29) is 17.9 Å². The molecule has 1 heterocycles. The van der Waals surface area contributed by atoms with Crippen molar-refractivity contribution in [2.75, 3.05) is 6.61 Å². The Bertz CT molecular complexity index is 190. The van der Waals surface area contributed by atoms with Crippen molar-refractivity contribution in [3.8, 4) is 0 Å². The van der Waals surface area contributed by atoms with E-state index >= 15 is 0 Å². The van der Waals surface area contributed by atoms with Crippen LogP contribution < -0.4 is 0 Å². The van der Waals surface area contributed by atoms with Gasteiger partial charge in [-0.1, -0.05) is 12.7 Å². The first-order chi connectivity index (χ1) is 4.25. The number of esters is 1. The highest BCUT2D eigenvalue weighted by Gasteiger charge is 2.20. The summed E-state index contributed by atoms with van der Waals surface area (Å²) in [5.74, 6) is -0.530. The molecule has 1 rings (SSSR count). The molecule has 48 valence electrons. The van der Waals surface area contributed by atoms with Crippen LogP contribution in [0.3, 0.4) is 0 Å². The Morgan fingerprint density at radius 3 is 2.67 bits per heavy atom. The molecule has 3 heteroatoms. The number of aliphatic hydroxyl groups is 1. The molecule has 1 N–H and O–H groups in total. The summed E-state index contributed by atoms with van der Waals surface area (Å²) >= 11 is 0. The fourth-order valence-corrected chi connectivity index (χ4v) is 0.608. The fourth-order valence-electron chi connectivity index (χ4n) is 0.608. The van der Waals surface area contributed by atoms with Crippen LogP contribution >= 0.6 is 0 Å². The van der Waals surface area contributed by atoms with Crippen LogP contribution in [0.15, 0.2) is 24.0 Å². The molecule has 0 fully saturated rings. The maximum atomic E-state index is 10.5. The van der Waals surface area contributed by atoms with Crippen LogP contribution in [0.4, 0.5) is 0 Å². The van der Waals surface area contributed by atoms with Crippen molar-refractivity contribution in [2.45, 2.75) is 0 Å². The molecule has 1 aliphatic heterocycles. The lowest BCUT2D eigenvalue weighted by Crippen LogP contribution is -1.95. The number of cyclic esters (lactones) is 1. The van der Waals surface area contributed by atoms with Gasteiger partial charge in [-0.15, -0.1) is 0 Å². The molecule has 0 amide bonds. The largest absolute Gasteiger partial charge is 0.508 e. The maximum absolute atomic E-state index is 10.5. The third-order valence-electron chi connectivity index (χ3n) is 1.07. The maximum Gasteiger partial charge on any atom is 0.342 e. The number of ether oxygens (including phenoxy) is 1. The summed E-state index contributed by atoms with van der Waals surface area (Å²) in [7, 11) is 0. The second-order valence-electron chi connectivity index (χ2n) is 1.64. The normalized spacial score (nSPS) is 18.0. The Morgan fingerprint density at radius 2 is 2.44 bits per heavy atom. The lowest BCUT2D eigenvalue weighted by atomic mass is 10.2. The van der Waals surface area contributed by atoms with E-state index in [1.807, 2.05) is 0 Å². The zero-order valence-corrected chi connectivity index (χ0v) is 4.76. The van der Waals surface area contributed by atoms with Crippen LogP contribution in [0, 0.1) is 0 Å². The minimum Gasteiger partial charge on any atom is -0.508 e. The Kier molecular flexibility index (Phi) is 1.26. The zero-order chi connectivity index (χ0) is 6.85. The van der Waals surface area contributed by atoms with Crippen LogP contribution in [-0.2, 0) is 9.53 Å². The molecule has 1 aliphatic rings. The van der Waals surface area contributed by atoms with E-state index in [9.17, 15) is 4.79 Å². The molecular formula is C6H6O3. The van der Waals surface area contributed by atoms with Crippen LogP contribution in [0.5, 0.6) is 0 Å². The third-order valence-corrected chi connectivity index (χ3v) is 1.07. The fraction of sp³-hybridized carbons (Fsp3) is 0.167. The van der Waals surface area contributed by atoms with Gasteiger partial charge in [-0.05, 0) is 0 Å². The van der Waals surface area contributed by atoms with E-state index in [4.69, 9.17) is 5.11 Å². The van der Waals surface area contributed by atoms with Gasteiger partial charge in [-0.2, -0.15) is 0 Å². The molecule has 0 bridgehead atoms. The quantitative estimate of drug-likeness (QED) is 0.521. The average Bonchev–Trinajstić information content (AvgIpc) is 2.12. The van der Waals surface area contributed by atoms with E-state index in [1.165, 1.54) is 6.08 Å². The molecule has 9 heavy (non-hydrogen) atoms. The Labute approximate surface area is 52.2 Å². The van der Waals surface area contributed by atoms with Crippen molar-refractivity contribution in [3.63, 3.8) is 0 Å². The van der Waals surface area contributed by atoms with Crippen LogP contribution in [-0.4, -0.2) is 17.7 Å². The Morgan fingerprint density at radius 1 is 1.78 bits per heavy atom. The highest BCUT2D eigenvalue weighted by molar-refractivity contribution is 5.93. The number of aliphatic hydroxyl groups excluding tert-OH is 1. The molecule has 0 saturated heterocycles. The number of carbonyl (C=O) groups is 1. The molecular weight excluding hydrogens is 120 g/mol. The van der Waals surface area contributed by atoms with Crippen molar-refractivity contribution in [1.82, 2.24) is 0 Å². The Hall–Kier alpha value is -1.25. The number of rotatable bonds is 1. The Balaban J connectivity index is 2.94. The van der Waals surface area contributed by atoms with E-state index in [0.29, 0.717) is 0 Å². The van der Waals surface area contributed by atoms with Gasteiger partial charge in [0.15, 0.2) is 0 Å². The SMILES string of the molecule is C=CC1=C(O)COC1=O. The van der Waals surface area contributed by atoms with Crippen molar-refractivity contribution >= 4 is 5.97 Å². The average molecular weight is 126 g/mol. The molecule has 0 aromatic heterocycles. The van der Waals surface area contributed by atoms with E-state index in [1.54, 1.807) is 0 Å². The molecule has 0 spiro atoms. The van der Waals surface area contributed by atoms with Gasteiger partial charge in [-0.25, -0.2) is 4.79 Å². The highest BCUT2D eigenvalue weighted by atomic mass is 16.5. The first-order valence-corrected chi connectivity index (χ1v) is 2.47. The summed E-state index contributed by atoms with van der Waals surface area (Å²) in [5, 5.41) is 8.82. The van der Waals surface area contributed by atoms with Gasteiger partial charge < -0.3 is 9.84 Å². The second-order valence-corrected chi connectivity index (χ2v) is 1.64.